The standard InChI is InChI=1S/C12H13FN2O/c1-3-12(8-14,15-9(2)16)10-4-6-11(13)7-5-10/h4-7H,3H2,1-2H3,(H,15,16). The molecule has 4 heteroatoms. The maximum absolute atomic E-state index is 12.8. The van der Waals surface area contributed by atoms with Crippen molar-refractivity contribution in [2.45, 2.75) is 25.8 Å². The maximum Gasteiger partial charge on any atom is 0.218 e. The minimum atomic E-state index is -1.07. The molecule has 0 aliphatic heterocycles. The summed E-state index contributed by atoms with van der Waals surface area (Å²) in [6.45, 7) is 3.15. The molecule has 3 nitrogen and oxygen atoms in total. The first-order chi connectivity index (χ1) is 7.54. The highest BCUT2D eigenvalue weighted by Crippen LogP contribution is 2.24. The lowest BCUT2D eigenvalue weighted by Crippen LogP contribution is -2.43. The zero-order valence-corrected chi connectivity index (χ0v) is 9.25. The molecule has 0 bridgehead atoms. The molecule has 1 aromatic carbocycles. The summed E-state index contributed by atoms with van der Waals surface area (Å²) in [4.78, 5) is 11.1. The van der Waals surface area contributed by atoms with E-state index in [0.29, 0.717) is 12.0 Å². The number of amides is 1. The Morgan fingerprint density at radius 2 is 2.06 bits per heavy atom. The predicted octanol–water partition coefficient (Wildman–Crippen LogP) is 2.09. The van der Waals surface area contributed by atoms with Gasteiger partial charge in [0.05, 0.1) is 6.07 Å². The van der Waals surface area contributed by atoms with Crippen molar-refractivity contribution in [3.8, 4) is 6.07 Å². The van der Waals surface area contributed by atoms with Crippen molar-refractivity contribution in [3.63, 3.8) is 0 Å². The average molecular weight is 220 g/mol. The summed E-state index contributed by atoms with van der Waals surface area (Å²) in [6, 6.07) is 7.66. The van der Waals surface area contributed by atoms with E-state index >= 15 is 0 Å². The Morgan fingerprint density at radius 1 is 1.50 bits per heavy atom. The van der Waals surface area contributed by atoms with Crippen LogP contribution in [0.3, 0.4) is 0 Å². The van der Waals surface area contributed by atoms with E-state index in [0.717, 1.165) is 0 Å². The van der Waals surface area contributed by atoms with Crippen molar-refractivity contribution in [1.29, 1.82) is 5.26 Å². The third-order valence-electron chi connectivity index (χ3n) is 2.45. The van der Waals surface area contributed by atoms with E-state index in [4.69, 9.17) is 0 Å². The summed E-state index contributed by atoms with van der Waals surface area (Å²) >= 11 is 0. The number of carbonyl (C=O) groups is 1. The highest BCUT2D eigenvalue weighted by atomic mass is 19.1. The minimum Gasteiger partial charge on any atom is -0.334 e. The quantitative estimate of drug-likeness (QED) is 0.848. The molecule has 1 amide bonds. The van der Waals surface area contributed by atoms with Crippen LogP contribution in [0.2, 0.25) is 0 Å². The van der Waals surface area contributed by atoms with Crippen LogP contribution in [0.1, 0.15) is 25.8 Å². The molecule has 0 saturated carbocycles. The van der Waals surface area contributed by atoms with E-state index in [2.05, 4.69) is 11.4 Å². The topological polar surface area (TPSA) is 52.9 Å². The lowest BCUT2D eigenvalue weighted by atomic mass is 9.88. The number of nitrogens with one attached hydrogen (secondary N) is 1. The number of nitriles is 1. The van der Waals surface area contributed by atoms with Crippen LogP contribution in [-0.4, -0.2) is 5.91 Å². The van der Waals surface area contributed by atoms with Gasteiger partial charge in [-0.2, -0.15) is 5.26 Å². The van der Waals surface area contributed by atoms with Gasteiger partial charge in [0.1, 0.15) is 5.82 Å². The molecule has 0 spiro atoms. The smallest absolute Gasteiger partial charge is 0.218 e. The first-order valence-corrected chi connectivity index (χ1v) is 5.00. The van der Waals surface area contributed by atoms with Crippen LogP contribution >= 0.6 is 0 Å². The molecule has 84 valence electrons. The number of benzene rings is 1. The highest BCUT2D eigenvalue weighted by Gasteiger charge is 2.31. The summed E-state index contributed by atoms with van der Waals surface area (Å²) in [5.74, 6) is -0.651. The van der Waals surface area contributed by atoms with Crippen LogP contribution in [-0.2, 0) is 10.3 Å². The van der Waals surface area contributed by atoms with Gasteiger partial charge in [-0.25, -0.2) is 4.39 Å². The number of hydrogen-bond acceptors (Lipinski definition) is 2. The molecule has 0 aromatic heterocycles. The normalized spacial score (nSPS) is 13.6. The van der Waals surface area contributed by atoms with E-state index in [1.54, 1.807) is 6.92 Å². The van der Waals surface area contributed by atoms with Gasteiger partial charge in [0.2, 0.25) is 5.91 Å². The van der Waals surface area contributed by atoms with Gasteiger partial charge in [0.25, 0.3) is 0 Å². The van der Waals surface area contributed by atoms with Crippen molar-refractivity contribution in [2.24, 2.45) is 0 Å². The fourth-order valence-electron chi connectivity index (χ4n) is 1.57. The molecule has 0 heterocycles. The van der Waals surface area contributed by atoms with Crippen LogP contribution in [0.25, 0.3) is 0 Å². The Hall–Kier alpha value is -1.89. The van der Waals surface area contributed by atoms with E-state index in [1.807, 2.05) is 0 Å². The van der Waals surface area contributed by atoms with Crippen molar-refractivity contribution in [2.75, 3.05) is 0 Å². The summed E-state index contributed by atoms with van der Waals surface area (Å²) < 4.78 is 12.8. The number of hydrogen-bond donors (Lipinski definition) is 1. The predicted molar refractivity (Wildman–Crippen MR) is 57.8 cm³/mol. The maximum atomic E-state index is 12.8. The van der Waals surface area contributed by atoms with Gasteiger partial charge in [-0.3, -0.25) is 4.79 Å². The summed E-state index contributed by atoms with van der Waals surface area (Å²) in [6.07, 6.45) is 0.425. The molecule has 1 unspecified atom stereocenters. The summed E-state index contributed by atoms with van der Waals surface area (Å²) in [5.41, 5.74) is -0.478. The number of carbonyl (C=O) groups excluding carboxylic acids is 1. The molecule has 1 N–H and O–H groups in total. The van der Waals surface area contributed by atoms with E-state index in [1.165, 1.54) is 31.2 Å². The lowest BCUT2D eigenvalue weighted by molar-refractivity contribution is -0.120. The summed E-state index contributed by atoms with van der Waals surface area (Å²) in [5, 5.41) is 11.8. The van der Waals surface area contributed by atoms with Crippen molar-refractivity contribution < 1.29 is 9.18 Å². The number of halogens is 1. The van der Waals surface area contributed by atoms with E-state index in [9.17, 15) is 14.4 Å². The third kappa shape index (κ3) is 2.37. The summed E-state index contributed by atoms with van der Waals surface area (Å²) in [7, 11) is 0. The van der Waals surface area contributed by atoms with Crippen molar-refractivity contribution >= 4 is 5.91 Å². The Labute approximate surface area is 93.9 Å². The second-order valence-electron chi connectivity index (χ2n) is 3.56. The second kappa shape index (κ2) is 4.75. The first kappa shape index (κ1) is 12.2. The molecular weight excluding hydrogens is 207 g/mol. The first-order valence-electron chi connectivity index (χ1n) is 5.00. The largest absolute Gasteiger partial charge is 0.334 e. The number of nitrogens with zero attached hydrogens (tertiary/aromatic N) is 1. The van der Waals surface area contributed by atoms with Crippen LogP contribution in [0, 0.1) is 17.1 Å². The Balaban J connectivity index is 3.16. The van der Waals surface area contributed by atoms with Gasteiger partial charge in [-0.15, -0.1) is 0 Å². The Morgan fingerprint density at radius 3 is 2.44 bits per heavy atom. The monoisotopic (exact) mass is 220 g/mol. The molecule has 16 heavy (non-hydrogen) atoms. The van der Waals surface area contributed by atoms with Gasteiger partial charge >= 0.3 is 0 Å². The second-order valence-corrected chi connectivity index (χ2v) is 3.56. The van der Waals surface area contributed by atoms with Gasteiger partial charge in [0.15, 0.2) is 5.54 Å². The van der Waals surface area contributed by atoms with Crippen molar-refractivity contribution in [3.05, 3.63) is 35.6 Å². The van der Waals surface area contributed by atoms with E-state index < -0.39 is 5.54 Å². The van der Waals surface area contributed by atoms with Crippen LogP contribution in [0.4, 0.5) is 4.39 Å². The van der Waals surface area contributed by atoms with Gasteiger partial charge in [-0.1, -0.05) is 19.1 Å². The molecule has 0 fully saturated rings. The van der Waals surface area contributed by atoms with Crippen LogP contribution in [0.5, 0.6) is 0 Å². The molecule has 1 aromatic rings. The average Bonchev–Trinajstić information content (AvgIpc) is 2.27. The molecule has 0 saturated heterocycles. The molecular formula is C12H13FN2O. The van der Waals surface area contributed by atoms with Crippen LogP contribution < -0.4 is 5.32 Å². The molecule has 0 aliphatic carbocycles. The molecule has 0 radical (unpaired) electrons. The van der Waals surface area contributed by atoms with Crippen LogP contribution in [0.15, 0.2) is 24.3 Å². The fourth-order valence-corrected chi connectivity index (χ4v) is 1.57. The number of rotatable bonds is 3. The van der Waals surface area contributed by atoms with Gasteiger partial charge < -0.3 is 5.32 Å². The third-order valence-corrected chi connectivity index (χ3v) is 2.45. The minimum absolute atomic E-state index is 0.285. The fraction of sp³-hybridized carbons (Fsp3) is 0.333. The highest BCUT2D eigenvalue weighted by molar-refractivity contribution is 5.74. The van der Waals surface area contributed by atoms with Crippen molar-refractivity contribution in [1.82, 2.24) is 5.32 Å². The lowest BCUT2D eigenvalue weighted by Gasteiger charge is -2.26. The molecule has 0 aliphatic rings. The molecule has 1 atom stereocenters. The zero-order chi connectivity index (χ0) is 12.2. The molecule has 1 rings (SSSR count). The SMILES string of the molecule is CCC(C#N)(NC(C)=O)c1ccc(F)cc1. The van der Waals surface area contributed by atoms with E-state index in [-0.39, 0.29) is 11.7 Å². The Kier molecular flexibility index (Phi) is 3.62. The van der Waals surface area contributed by atoms with Gasteiger partial charge in [0, 0.05) is 6.92 Å². The van der Waals surface area contributed by atoms with Gasteiger partial charge in [-0.05, 0) is 24.1 Å². The zero-order valence-electron chi connectivity index (χ0n) is 9.25. The Bertz CT molecular complexity index is 422.